The lowest BCUT2D eigenvalue weighted by Crippen LogP contribution is -2.11. The maximum Gasteiger partial charge on any atom is 0.0582 e. The van der Waals surface area contributed by atoms with Crippen LogP contribution in [-0.4, -0.2) is 9.78 Å². The first-order valence-electron chi connectivity index (χ1n) is 6.03. The lowest BCUT2D eigenvalue weighted by molar-refractivity contribution is 0.765. The van der Waals surface area contributed by atoms with Crippen molar-refractivity contribution in [2.24, 2.45) is 12.8 Å². The molecule has 3 heteroatoms. The number of aromatic nitrogens is 2. The lowest BCUT2D eigenvalue weighted by atomic mass is 9.99. The van der Waals surface area contributed by atoms with Crippen molar-refractivity contribution >= 4 is 0 Å². The monoisotopic (exact) mass is 229 g/mol. The van der Waals surface area contributed by atoms with Gasteiger partial charge in [0.1, 0.15) is 0 Å². The van der Waals surface area contributed by atoms with Gasteiger partial charge in [0.2, 0.25) is 0 Å². The molecule has 0 bridgehead atoms. The Morgan fingerprint density at radius 1 is 1.35 bits per heavy atom. The molecule has 2 aromatic rings. The first kappa shape index (κ1) is 11.9. The van der Waals surface area contributed by atoms with Crippen LogP contribution in [0.2, 0.25) is 0 Å². The number of hydrogen-bond acceptors (Lipinski definition) is 2. The summed E-state index contributed by atoms with van der Waals surface area (Å²) >= 11 is 0. The summed E-state index contributed by atoms with van der Waals surface area (Å²) in [7, 11) is 1.91. The number of nitrogens with zero attached hydrogens (tertiary/aromatic N) is 2. The van der Waals surface area contributed by atoms with Gasteiger partial charge in [0.25, 0.3) is 0 Å². The molecule has 1 unspecified atom stereocenters. The Balaban J connectivity index is 2.24. The fourth-order valence-electron chi connectivity index (χ4n) is 2.02. The van der Waals surface area contributed by atoms with Crippen LogP contribution in [0.3, 0.4) is 0 Å². The van der Waals surface area contributed by atoms with Gasteiger partial charge in [-0.3, -0.25) is 4.68 Å². The zero-order valence-electron chi connectivity index (χ0n) is 10.4. The minimum absolute atomic E-state index is 0.0829. The molecule has 2 rings (SSSR count). The minimum Gasteiger partial charge on any atom is -0.320 e. The topological polar surface area (TPSA) is 43.8 Å². The van der Waals surface area contributed by atoms with Crippen molar-refractivity contribution in [1.29, 1.82) is 0 Å². The van der Waals surface area contributed by atoms with Gasteiger partial charge in [0, 0.05) is 18.8 Å². The van der Waals surface area contributed by atoms with E-state index in [1.165, 1.54) is 5.56 Å². The van der Waals surface area contributed by atoms with E-state index in [1.54, 1.807) is 4.68 Å². The van der Waals surface area contributed by atoms with Crippen LogP contribution in [0.15, 0.2) is 36.7 Å². The third-order valence-corrected chi connectivity index (χ3v) is 2.93. The van der Waals surface area contributed by atoms with Gasteiger partial charge in [-0.05, 0) is 17.5 Å². The Morgan fingerprint density at radius 3 is 2.82 bits per heavy atom. The van der Waals surface area contributed by atoms with Crippen LogP contribution in [0.25, 0.3) is 0 Å². The van der Waals surface area contributed by atoms with E-state index in [4.69, 9.17) is 5.73 Å². The molecule has 0 saturated carbocycles. The summed E-state index contributed by atoms with van der Waals surface area (Å²) in [5.41, 5.74) is 9.81. The largest absolute Gasteiger partial charge is 0.320 e. The number of benzene rings is 1. The van der Waals surface area contributed by atoms with Crippen molar-refractivity contribution in [2.75, 3.05) is 0 Å². The lowest BCUT2D eigenvalue weighted by Gasteiger charge is -2.11. The molecule has 1 atom stereocenters. The Bertz CT molecular complexity index is 488. The molecule has 0 aliphatic carbocycles. The van der Waals surface area contributed by atoms with E-state index in [2.05, 4.69) is 36.3 Å². The van der Waals surface area contributed by atoms with Crippen LogP contribution in [0.5, 0.6) is 0 Å². The Hall–Kier alpha value is -1.61. The van der Waals surface area contributed by atoms with Crippen molar-refractivity contribution in [2.45, 2.75) is 25.8 Å². The fourth-order valence-corrected chi connectivity index (χ4v) is 2.02. The van der Waals surface area contributed by atoms with E-state index in [9.17, 15) is 0 Å². The SMILES string of the molecule is CCCc1cccc(C(N)c2cnn(C)c2)c1. The first-order valence-corrected chi connectivity index (χ1v) is 6.03. The molecule has 0 amide bonds. The molecular weight excluding hydrogens is 210 g/mol. The minimum atomic E-state index is -0.0829. The normalized spacial score (nSPS) is 12.6. The molecule has 0 spiro atoms. The van der Waals surface area contributed by atoms with Crippen LogP contribution in [-0.2, 0) is 13.5 Å². The van der Waals surface area contributed by atoms with Crippen molar-refractivity contribution in [3.63, 3.8) is 0 Å². The van der Waals surface area contributed by atoms with E-state index in [0.29, 0.717) is 0 Å². The molecule has 2 N–H and O–H groups in total. The molecule has 1 heterocycles. The van der Waals surface area contributed by atoms with Crippen LogP contribution >= 0.6 is 0 Å². The molecule has 90 valence electrons. The molecule has 3 nitrogen and oxygen atoms in total. The summed E-state index contributed by atoms with van der Waals surface area (Å²) in [6.45, 7) is 2.19. The molecule has 17 heavy (non-hydrogen) atoms. The highest BCUT2D eigenvalue weighted by molar-refractivity contribution is 5.32. The zero-order chi connectivity index (χ0) is 12.3. The molecule has 1 aromatic carbocycles. The van der Waals surface area contributed by atoms with Gasteiger partial charge in [-0.2, -0.15) is 5.10 Å². The second-order valence-corrected chi connectivity index (χ2v) is 4.42. The van der Waals surface area contributed by atoms with Crippen LogP contribution in [0, 0.1) is 0 Å². The number of nitrogens with two attached hydrogens (primary N) is 1. The van der Waals surface area contributed by atoms with E-state index >= 15 is 0 Å². The highest BCUT2D eigenvalue weighted by Gasteiger charge is 2.10. The molecule has 0 aliphatic heterocycles. The van der Waals surface area contributed by atoms with Crippen molar-refractivity contribution in [3.8, 4) is 0 Å². The zero-order valence-corrected chi connectivity index (χ0v) is 10.4. The van der Waals surface area contributed by atoms with Crippen molar-refractivity contribution in [1.82, 2.24) is 9.78 Å². The van der Waals surface area contributed by atoms with Gasteiger partial charge in [-0.1, -0.05) is 37.6 Å². The summed E-state index contributed by atoms with van der Waals surface area (Å²) in [5.74, 6) is 0. The highest BCUT2D eigenvalue weighted by atomic mass is 15.2. The average Bonchev–Trinajstić information content (AvgIpc) is 2.76. The quantitative estimate of drug-likeness (QED) is 0.875. The van der Waals surface area contributed by atoms with Gasteiger partial charge in [-0.15, -0.1) is 0 Å². The number of rotatable bonds is 4. The molecular formula is C14H19N3. The van der Waals surface area contributed by atoms with Gasteiger partial charge in [-0.25, -0.2) is 0 Å². The van der Waals surface area contributed by atoms with Crippen LogP contribution in [0.4, 0.5) is 0 Å². The summed E-state index contributed by atoms with van der Waals surface area (Å²) < 4.78 is 1.78. The fraction of sp³-hybridized carbons (Fsp3) is 0.357. The molecule has 0 saturated heterocycles. The average molecular weight is 229 g/mol. The third kappa shape index (κ3) is 2.74. The van der Waals surface area contributed by atoms with E-state index in [1.807, 2.05) is 19.4 Å². The third-order valence-electron chi connectivity index (χ3n) is 2.93. The van der Waals surface area contributed by atoms with Gasteiger partial charge in [0.05, 0.1) is 12.2 Å². The van der Waals surface area contributed by atoms with Gasteiger partial charge >= 0.3 is 0 Å². The number of hydrogen-bond donors (Lipinski definition) is 1. The van der Waals surface area contributed by atoms with Crippen LogP contribution in [0.1, 0.15) is 36.1 Å². The Labute approximate surface area is 102 Å². The maximum atomic E-state index is 6.24. The van der Waals surface area contributed by atoms with Gasteiger partial charge in [0.15, 0.2) is 0 Å². The predicted octanol–water partition coefficient (Wildman–Crippen LogP) is 2.42. The van der Waals surface area contributed by atoms with Gasteiger partial charge < -0.3 is 5.73 Å². The standard InChI is InChI=1S/C14H19N3/c1-3-5-11-6-4-7-12(8-11)14(15)13-9-16-17(2)10-13/h4,6-10,14H,3,5,15H2,1-2H3. The second kappa shape index (κ2) is 5.15. The summed E-state index contributed by atoms with van der Waals surface area (Å²) in [4.78, 5) is 0. The Kier molecular flexibility index (Phi) is 3.59. The summed E-state index contributed by atoms with van der Waals surface area (Å²) in [6, 6.07) is 8.43. The molecule has 0 aliphatic rings. The maximum absolute atomic E-state index is 6.24. The summed E-state index contributed by atoms with van der Waals surface area (Å²) in [6.07, 6.45) is 6.06. The smallest absolute Gasteiger partial charge is 0.0582 e. The molecule has 1 aromatic heterocycles. The molecule has 0 fully saturated rings. The summed E-state index contributed by atoms with van der Waals surface area (Å²) in [5, 5.41) is 4.16. The van der Waals surface area contributed by atoms with E-state index < -0.39 is 0 Å². The number of aryl methyl sites for hydroxylation is 2. The Morgan fingerprint density at radius 2 is 2.18 bits per heavy atom. The first-order chi connectivity index (χ1) is 8.20. The van der Waals surface area contributed by atoms with E-state index in [-0.39, 0.29) is 6.04 Å². The van der Waals surface area contributed by atoms with E-state index in [0.717, 1.165) is 24.0 Å². The van der Waals surface area contributed by atoms with Crippen molar-refractivity contribution < 1.29 is 0 Å². The van der Waals surface area contributed by atoms with Crippen molar-refractivity contribution in [3.05, 3.63) is 53.3 Å². The second-order valence-electron chi connectivity index (χ2n) is 4.42. The predicted molar refractivity (Wildman–Crippen MR) is 69.7 cm³/mol. The molecule has 0 radical (unpaired) electrons. The highest BCUT2D eigenvalue weighted by Crippen LogP contribution is 2.20. The van der Waals surface area contributed by atoms with Crippen LogP contribution < -0.4 is 5.73 Å².